The minimum atomic E-state index is -4.96. The average molecular weight is 1420 g/mol. The van der Waals surface area contributed by atoms with Crippen LogP contribution in [-0.2, 0) is 65.4 Å². The quantitative estimate of drug-likeness (QED) is 0.0222. The van der Waals surface area contributed by atoms with Crippen LogP contribution in [0.1, 0.15) is 396 Å². The zero-order valence-electron chi connectivity index (χ0n) is 63.7. The van der Waals surface area contributed by atoms with Crippen LogP contribution in [0.25, 0.3) is 0 Å². The number of rotatable bonds is 75. The molecule has 0 rings (SSSR count). The summed E-state index contributed by atoms with van der Waals surface area (Å²) in [6.07, 6.45) is 52.5. The fourth-order valence-corrected chi connectivity index (χ4v) is 13.5. The van der Waals surface area contributed by atoms with Crippen molar-refractivity contribution in [3.8, 4) is 0 Å². The highest BCUT2D eigenvalue weighted by molar-refractivity contribution is 7.47. The lowest BCUT2D eigenvalue weighted by atomic mass is 9.99. The van der Waals surface area contributed by atoms with Crippen molar-refractivity contribution in [3.05, 3.63) is 0 Å². The van der Waals surface area contributed by atoms with Gasteiger partial charge in [0.1, 0.15) is 19.3 Å². The third-order valence-electron chi connectivity index (χ3n) is 18.4. The first-order valence-electron chi connectivity index (χ1n) is 40.2. The highest BCUT2D eigenvalue weighted by Crippen LogP contribution is 2.45. The predicted molar refractivity (Wildman–Crippen MR) is 395 cm³/mol. The molecule has 3 N–H and O–H groups in total. The van der Waals surface area contributed by atoms with E-state index < -0.39 is 97.5 Å². The Kier molecular flexibility index (Phi) is 65.9. The van der Waals surface area contributed by atoms with Crippen LogP contribution in [0.4, 0.5) is 0 Å². The molecule has 0 aliphatic rings. The Morgan fingerprint density at radius 2 is 0.495 bits per heavy atom. The van der Waals surface area contributed by atoms with Crippen molar-refractivity contribution in [2.45, 2.75) is 414 Å². The van der Waals surface area contributed by atoms with Crippen LogP contribution in [-0.4, -0.2) is 96.7 Å². The largest absolute Gasteiger partial charge is 0.472 e. The minimum absolute atomic E-state index is 0.106. The molecule has 0 saturated carbocycles. The molecule has 0 bridgehead atoms. The van der Waals surface area contributed by atoms with Gasteiger partial charge in [0.05, 0.1) is 26.4 Å². The van der Waals surface area contributed by atoms with Gasteiger partial charge in [-0.25, -0.2) is 9.13 Å². The second-order valence-electron chi connectivity index (χ2n) is 29.8. The number of carbonyl (C=O) groups excluding carboxylic acids is 4. The lowest BCUT2D eigenvalue weighted by Gasteiger charge is -2.21. The zero-order valence-corrected chi connectivity index (χ0v) is 65.5. The summed E-state index contributed by atoms with van der Waals surface area (Å²) in [6.45, 7) is 14.3. The number of aliphatic hydroxyl groups is 1. The van der Waals surface area contributed by atoms with E-state index in [0.29, 0.717) is 25.7 Å². The molecule has 0 fully saturated rings. The third kappa shape index (κ3) is 70.9. The Balaban J connectivity index is 5.28. The Bertz CT molecular complexity index is 1900. The first-order valence-corrected chi connectivity index (χ1v) is 43.2. The van der Waals surface area contributed by atoms with Gasteiger partial charge in [-0.15, -0.1) is 0 Å². The van der Waals surface area contributed by atoms with Gasteiger partial charge in [0.15, 0.2) is 12.2 Å². The van der Waals surface area contributed by atoms with Crippen LogP contribution in [0.5, 0.6) is 0 Å². The lowest BCUT2D eigenvalue weighted by Crippen LogP contribution is -2.30. The maximum atomic E-state index is 13.1. The Labute approximate surface area is 594 Å². The highest BCUT2D eigenvalue weighted by Gasteiger charge is 2.30. The van der Waals surface area contributed by atoms with E-state index in [0.717, 1.165) is 114 Å². The van der Waals surface area contributed by atoms with E-state index in [4.69, 9.17) is 37.0 Å². The number of esters is 4. The van der Waals surface area contributed by atoms with Gasteiger partial charge in [-0.3, -0.25) is 37.3 Å². The number of phosphoric acid groups is 2. The standard InChI is InChI=1S/C78H152O17P2/c1-9-71(8)57-49-41-33-28-29-35-43-51-59-76(81)89-65-74(95-78(83)61-53-45-37-27-21-15-12-18-24-32-40-48-56-70(6)7)67-93-97(86,87)91-63-72(79)62-90-96(84,85)92-66-73(94-77(82)60-52-44-36-26-20-14-11-17-23-31-39-47-55-69(4)5)64-88-75(80)58-50-42-34-25-19-13-10-16-22-30-38-46-54-68(2)3/h68-74,79H,9-67H2,1-8H3,(H,84,85)(H,86,87)/t71?,72-,73-,74-/m1/s1. The summed E-state index contributed by atoms with van der Waals surface area (Å²) in [5.74, 6) is 0.996. The summed E-state index contributed by atoms with van der Waals surface area (Å²) in [7, 11) is -9.92. The second-order valence-corrected chi connectivity index (χ2v) is 32.7. The van der Waals surface area contributed by atoms with Crippen LogP contribution in [0, 0.1) is 23.7 Å². The van der Waals surface area contributed by atoms with Gasteiger partial charge in [-0.1, -0.05) is 344 Å². The average Bonchev–Trinajstić information content (AvgIpc) is 1.17. The summed E-state index contributed by atoms with van der Waals surface area (Å²) in [5, 5.41) is 10.6. The van der Waals surface area contributed by atoms with Crippen LogP contribution in [0.2, 0.25) is 0 Å². The zero-order chi connectivity index (χ0) is 71.7. The van der Waals surface area contributed by atoms with E-state index in [1.165, 1.54) is 199 Å². The molecule has 0 heterocycles. The molecule has 0 aromatic heterocycles. The van der Waals surface area contributed by atoms with E-state index in [1.807, 2.05) is 0 Å². The Morgan fingerprint density at radius 1 is 0.289 bits per heavy atom. The smallest absolute Gasteiger partial charge is 0.462 e. The third-order valence-corrected chi connectivity index (χ3v) is 20.3. The number of aliphatic hydroxyl groups excluding tert-OH is 1. The number of ether oxygens (including phenoxy) is 4. The van der Waals surface area contributed by atoms with Crippen molar-refractivity contribution in [2.75, 3.05) is 39.6 Å². The van der Waals surface area contributed by atoms with Crippen molar-refractivity contribution >= 4 is 39.5 Å². The van der Waals surface area contributed by atoms with Crippen molar-refractivity contribution in [2.24, 2.45) is 23.7 Å². The summed E-state index contributed by atoms with van der Waals surface area (Å²) in [6, 6.07) is 0. The molecule has 19 heteroatoms. The molecule has 0 amide bonds. The molecule has 0 radical (unpaired) electrons. The number of hydrogen-bond donors (Lipinski definition) is 3. The van der Waals surface area contributed by atoms with Gasteiger partial charge in [0.25, 0.3) is 0 Å². The molecule has 0 spiro atoms. The van der Waals surface area contributed by atoms with E-state index in [-0.39, 0.29) is 25.7 Å². The van der Waals surface area contributed by atoms with Gasteiger partial charge in [0, 0.05) is 25.7 Å². The SMILES string of the molecule is CCC(C)CCCCCCCCCCC(=O)OC[C@H](COP(=O)(O)OC[C@H](O)COP(=O)(O)OC[C@@H](COC(=O)CCCCCCCCCCCCCCC(C)C)OC(=O)CCCCCCCCCCCCCCC(C)C)OC(=O)CCCCCCCCCCCCCCC(C)C. The minimum Gasteiger partial charge on any atom is -0.462 e. The van der Waals surface area contributed by atoms with E-state index >= 15 is 0 Å². The molecular formula is C78H152O17P2. The fourth-order valence-electron chi connectivity index (χ4n) is 11.9. The van der Waals surface area contributed by atoms with Gasteiger partial charge in [0.2, 0.25) is 0 Å². The fraction of sp³-hybridized carbons (Fsp3) is 0.949. The van der Waals surface area contributed by atoms with E-state index in [9.17, 15) is 43.2 Å². The van der Waals surface area contributed by atoms with E-state index in [2.05, 4.69) is 55.4 Å². The summed E-state index contributed by atoms with van der Waals surface area (Å²) in [4.78, 5) is 73.0. The molecule has 97 heavy (non-hydrogen) atoms. The Hall–Kier alpha value is -1.94. The molecular weight excluding hydrogens is 1270 g/mol. The predicted octanol–water partition coefficient (Wildman–Crippen LogP) is 22.8. The molecule has 0 saturated heterocycles. The first-order chi connectivity index (χ1) is 46.6. The molecule has 0 aromatic carbocycles. The number of carbonyl (C=O) groups is 4. The van der Waals surface area contributed by atoms with Gasteiger partial charge >= 0.3 is 39.5 Å². The topological polar surface area (TPSA) is 237 Å². The maximum absolute atomic E-state index is 13.1. The molecule has 576 valence electrons. The maximum Gasteiger partial charge on any atom is 0.472 e. The molecule has 0 aliphatic carbocycles. The second kappa shape index (κ2) is 67.2. The van der Waals surface area contributed by atoms with Gasteiger partial charge < -0.3 is 33.8 Å². The number of hydrogen-bond acceptors (Lipinski definition) is 15. The molecule has 0 aromatic rings. The van der Waals surface area contributed by atoms with Crippen molar-refractivity contribution in [1.82, 2.24) is 0 Å². The van der Waals surface area contributed by atoms with Crippen molar-refractivity contribution < 1.29 is 80.2 Å². The van der Waals surface area contributed by atoms with Crippen LogP contribution in [0.15, 0.2) is 0 Å². The van der Waals surface area contributed by atoms with Crippen molar-refractivity contribution in [3.63, 3.8) is 0 Å². The highest BCUT2D eigenvalue weighted by atomic mass is 31.2. The molecule has 3 unspecified atom stereocenters. The van der Waals surface area contributed by atoms with Gasteiger partial charge in [-0.2, -0.15) is 0 Å². The monoisotopic (exact) mass is 1420 g/mol. The molecule has 6 atom stereocenters. The lowest BCUT2D eigenvalue weighted by molar-refractivity contribution is -0.161. The number of unbranched alkanes of at least 4 members (excludes halogenated alkanes) is 40. The summed E-state index contributed by atoms with van der Waals surface area (Å²) >= 11 is 0. The first kappa shape index (κ1) is 95.1. The van der Waals surface area contributed by atoms with Crippen LogP contribution in [0.3, 0.4) is 0 Å². The molecule has 0 aliphatic heterocycles. The number of phosphoric ester groups is 2. The van der Waals surface area contributed by atoms with E-state index in [1.54, 1.807) is 0 Å². The van der Waals surface area contributed by atoms with Crippen LogP contribution >= 0.6 is 15.6 Å². The van der Waals surface area contributed by atoms with Gasteiger partial charge in [-0.05, 0) is 49.4 Å². The Morgan fingerprint density at radius 3 is 0.732 bits per heavy atom. The normalized spacial score (nSPS) is 14.4. The summed E-state index contributed by atoms with van der Waals surface area (Å²) < 4.78 is 68.7. The van der Waals surface area contributed by atoms with Crippen molar-refractivity contribution in [1.29, 1.82) is 0 Å². The molecule has 17 nitrogen and oxygen atoms in total. The van der Waals surface area contributed by atoms with Crippen LogP contribution < -0.4 is 0 Å². The summed E-state index contributed by atoms with van der Waals surface area (Å²) in [5.41, 5.74) is 0.